The van der Waals surface area contributed by atoms with Gasteiger partial charge >= 0.3 is 6.03 Å². The number of benzene rings is 1. The highest BCUT2D eigenvalue weighted by Gasteiger charge is 2.16. The van der Waals surface area contributed by atoms with Gasteiger partial charge in [-0.3, -0.25) is 0 Å². The van der Waals surface area contributed by atoms with Crippen LogP contribution in [0.5, 0.6) is 0 Å². The number of amides is 2. The molecule has 2 rings (SSSR count). The zero-order chi connectivity index (χ0) is 11.4. The van der Waals surface area contributed by atoms with Gasteiger partial charge in [0.15, 0.2) is 0 Å². The van der Waals surface area contributed by atoms with E-state index < -0.39 is 6.03 Å². The van der Waals surface area contributed by atoms with E-state index in [0.717, 1.165) is 19.3 Å². The number of primary amides is 1. The van der Waals surface area contributed by atoms with Crippen molar-refractivity contribution in [2.24, 2.45) is 16.8 Å². The number of hydrogen-bond donors (Lipinski definition) is 2. The maximum atomic E-state index is 10.4. The smallest absolute Gasteiger partial charge is 0.332 e. The van der Waals surface area contributed by atoms with Crippen LogP contribution < -0.4 is 11.2 Å². The molecule has 0 heterocycles. The fraction of sp³-hybridized carbons (Fsp3) is 0.333. The summed E-state index contributed by atoms with van der Waals surface area (Å²) < 4.78 is 0. The normalized spacial score (nSPS) is 19.4. The maximum Gasteiger partial charge on any atom is 0.332 e. The van der Waals surface area contributed by atoms with Crippen LogP contribution in [-0.2, 0) is 12.8 Å². The van der Waals surface area contributed by atoms with Gasteiger partial charge in [-0.1, -0.05) is 24.3 Å². The highest BCUT2D eigenvalue weighted by Crippen LogP contribution is 2.23. The van der Waals surface area contributed by atoms with E-state index in [2.05, 4.69) is 34.8 Å². The first-order valence-corrected chi connectivity index (χ1v) is 5.41. The predicted molar refractivity (Wildman–Crippen MR) is 63.2 cm³/mol. The number of hydrazone groups is 1. The molecule has 0 bridgehead atoms. The molecule has 0 radical (unpaired) electrons. The second-order valence-electron chi connectivity index (χ2n) is 4.03. The highest BCUT2D eigenvalue weighted by atomic mass is 16.2. The number of aryl methyl sites for hydroxylation is 1. The second-order valence-corrected chi connectivity index (χ2v) is 4.03. The summed E-state index contributed by atoms with van der Waals surface area (Å²) in [6.07, 6.45) is 4.91. The summed E-state index contributed by atoms with van der Waals surface area (Å²) in [4.78, 5) is 10.4. The van der Waals surface area contributed by atoms with Crippen LogP contribution in [0, 0.1) is 5.92 Å². The van der Waals surface area contributed by atoms with Gasteiger partial charge in [-0.15, -0.1) is 0 Å². The molecule has 0 aromatic heterocycles. The van der Waals surface area contributed by atoms with Crippen molar-refractivity contribution >= 4 is 12.2 Å². The number of urea groups is 1. The minimum absolute atomic E-state index is 0.391. The van der Waals surface area contributed by atoms with Crippen LogP contribution in [0.3, 0.4) is 0 Å². The van der Waals surface area contributed by atoms with Crippen molar-refractivity contribution in [3.8, 4) is 0 Å². The van der Waals surface area contributed by atoms with E-state index in [9.17, 15) is 4.79 Å². The van der Waals surface area contributed by atoms with Crippen molar-refractivity contribution in [3.63, 3.8) is 0 Å². The standard InChI is InChI=1S/C12H15N3O/c13-12(16)15-14-8-9-5-6-10-3-1-2-4-11(10)7-9/h1-4,8-9H,5-7H2,(H3,13,15,16)/b14-8+/t9-/m1/s1. The lowest BCUT2D eigenvalue weighted by Crippen LogP contribution is -2.25. The van der Waals surface area contributed by atoms with Crippen molar-refractivity contribution in [2.45, 2.75) is 19.3 Å². The molecule has 0 saturated carbocycles. The third-order valence-corrected chi connectivity index (χ3v) is 2.85. The minimum atomic E-state index is -0.618. The van der Waals surface area contributed by atoms with Gasteiger partial charge in [-0.2, -0.15) is 5.10 Å². The van der Waals surface area contributed by atoms with Gasteiger partial charge in [-0.05, 0) is 30.4 Å². The largest absolute Gasteiger partial charge is 0.350 e. The van der Waals surface area contributed by atoms with Crippen molar-refractivity contribution in [2.75, 3.05) is 0 Å². The average molecular weight is 217 g/mol. The average Bonchev–Trinajstić information content (AvgIpc) is 2.28. The van der Waals surface area contributed by atoms with Gasteiger partial charge in [0.2, 0.25) is 0 Å². The van der Waals surface area contributed by atoms with Crippen LogP contribution in [0.4, 0.5) is 4.79 Å². The fourth-order valence-electron chi connectivity index (χ4n) is 2.06. The van der Waals surface area contributed by atoms with Gasteiger partial charge in [0.05, 0.1) is 0 Å². The second kappa shape index (κ2) is 4.79. The molecule has 1 aromatic rings. The number of hydrogen-bond acceptors (Lipinski definition) is 2. The number of fused-ring (bicyclic) bond motifs is 1. The van der Waals surface area contributed by atoms with Crippen molar-refractivity contribution in [1.82, 2.24) is 5.43 Å². The lowest BCUT2D eigenvalue weighted by Gasteiger charge is -2.21. The summed E-state index contributed by atoms with van der Waals surface area (Å²) in [5.41, 5.74) is 9.95. The summed E-state index contributed by atoms with van der Waals surface area (Å²) in [5.74, 6) is 0.391. The molecule has 0 spiro atoms. The zero-order valence-corrected chi connectivity index (χ0v) is 9.02. The monoisotopic (exact) mass is 217 g/mol. The van der Waals surface area contributed by atoms with Crippen LogP contribution in [0.2, 0.25) is 0 Å². The van der Waals surface area contributed by atoms with Crippen LogP contribution >= 0.6 is 0 Å². The van der Waals surface area contributed by atoms with Gasteiger partial charge in [-0.25, -0.2) is 10.2 Å². The summed E-state index contributed by atoms with van der Waals surface area (Å²) in [7, 11) is 0. The number of carbonyl (C=O) groups excluding carboxylic acids is 1. The van der Waals surface area contributed by atoms with E-state index in [1.807, 2.05) is 0 Å². The van der Waals surface area contributed by atoms with Crippen LogP contribution in [0.15, 0.2) is 29.4 Å². The first-order chi connectivity index (χ1) is 7.75. The Kier molecular flexibility index (Phi) is 3.19. The molecule has 0 saturated heterocycles. The van der Waals surface area contributed by atoms with Gasteiger partial charge < -0.3 is 5.73 Å². The Morgan fingerprint density at radius 1 is 1.44 bits per heavy atom. The molecule has 0 fully saturated rings. The van der Waals surface area contributed by atoms with Crippen LogP contribution in [0.25, 0.3) is 0 Å². The highest BCUT2D eigenvalue weighted by molar-refractivity contribution is 5.73. The fourth-order valence-corrected chi connectivity index (χ4v) is 2.06. The van der Waals surface area contributed by atoms with Gasteiger partial charge in [0, 0.05) is 12.1 Å². The molecule has 0 unspecified atom stereocenters. The maximum absolute atomic E-state index is 10.4. The first-order valence-electron chi connectivity index (χ1n) is 5.41. The lowest BCUT2D eigenvalue weighted by atomic mass is 9.85. The van der Waals surface area contributed by atoms with E-state index >= 15 is 0 Å². The summed E-state index contributed by atoms with van der Waals surface area (Å²) in [6.45, 7) is 0. The minimum Gasteiger partial charge on any atom is -0.350 e. The molecule has 4 heteroatoms. The van der Waals surface area contributed by atoms with E-state index in [0.29, 0.717) is 5.92 Å². The topological polar surface area (TPSA) is 67.5 Å². The number of nitrogens with zero attached hydrogens (tertiary/aromatic N) is 1. The quantitative estimate of drug-likeness (QED) is 0.571. The Morgan fingerprint density at radius 3 is 2.94 bits per heavy atom. The van der Waals surface area contributed by atoms with Gasteiger partial charge in [0.25, 0.3) is 0 Å². The Labute approximate surface area is 94.5 Å². The molecular formula is C12H15N3O. The Hall–Kier alpha value is -1.84. The molecule has 3 N–H and O–H groups in total. The molecule has 1 aromatic carbocycles. The van der Waals surface area contributed by atoms with Crippen molar-refractivity contribution in [1.29, 1.82) is 0 Å². The van der Waals surface area contributed by atoms with Crippen molar-refractivity contribution < 1.29 is 4.79 Å². The third kappa shape index (κ3) is 2.59. The van der Waals surface area contributed by atoms with Crippen molar-refractivity contribution in [3.05, 3.63) is 35.4 Å². The molecule has 16 heavy (non-hydrogen) atoms. The van der Waals surface area contributed by atoms with E-state index in [4.69, 9.17) is 5.73 Å². The number of nitrogens with two attached hydrogens (primary N) is 1. The van der Waals surface area contributed by atoms with E-state index in [-0.39, 0.29) is 0 Å². The molecule has 2 amide bonds. The predicted octanol–water partition coefficient (Wildman–Crippen LogP) is 1.45. The van der Waals surface area contributed by atoms with E-state index in [1.165, 1.54) is 11.1 Å². The molecule has 0 aliphatic heterocycles. The Morgan fingerprint density at radius 2 is 2.19 bits per heavy atom. The number of carbonyl (C=O) groups is 1. The SMILES string of the molecule is NC(=O)N/N=C/[C@@H]1CCc2ccccc2C1. The first kappa shape index (κ1) is 10.7. The summed E-state index contributed by atoms with van der Waals surface area (Å²) in [5, 5.41) is 3.82. The molecule has 1 aliphatic carbocycles. The molecule has 1 atom stereocenters. The van der Waals surface area contributed by atoms with Gasteiger partial charge in [0.1, 0.15) is 0 Å². The molecule has 4 nitrogen and oxygen atoms in total. The molecule has 84 valence electrons. The summed E-state index contributed by atoms with van der Waals surface area (Å²) in [6, 6.07) is 7.83. The molecule has 1 aliphatic rings. The summed E-state index contributed by atoms with van der Waals surface area (Å²) >= 11 is 0. The van der Waals surface area contributed by atoms with Crippen LogP contribution in [0.1, 0.15) is 17.5 Å². The number of rotatable bonds is 2. The zero-order valence-electron chi connectivity index (χ0n) is 9.02. The number of nitrogens with one attached hydrogen (secondary N) is 1. The Bertz CT molecular complexity index is 414. The Balaban J connectivity index is 1.97. The van der Waals surface area contributed by atoms with E-state index in [1.54, 1.807) is 6.21 Å². The lowest BCUT2D eigenvalue weighted by molar-refractivity contribution is 0.249. The third-order valence-electron chi connectivity index (χ3n) is 2.85. The van der Waals surface area contributed by atoms with Crippen LogP contribution in [-0.4, -0.2) is 12.2 Å². The molecular weight excluding hydrogens is 202 g/mol.